The average Bonchev–Trinajstić information content (AvgIpc) is 2.96. The van der Waals surface area contributed by atoms with Gasteiger partial charge >= 0.3 is 0 Å². The molecule has 0 fully saturated rings. The molecule has 0 atom stereocenters. The van der Waals surface area contributed by atoms with Crippen LogP contribution in [-0.4, -0.2) is 24.3 Å². The lowest BCUT2D eigenvalue weighted by molar-refractivity contribution is 0.593. The second kappa shape index (κ2) is 4.72. The first kappa shape index (κ1) is 11.7. The molecule has 3 aromatic heterocycles. The van der Waals surface area contributed by atoms with Crippen molar-refractivity contribution < 1.29 is 0 Å². The predicted octanol–water partition coefficient (Wildman–Crippen LogP) is 1.67. The van der Waals surface area contributed by atoms with Gasteiger partial charge in [0, 0.05) is 18.9 Å². The first-order chi connectivity index (χ1) is 9.28. The Hall–Kier alpha value is -2.37. The molecule has 0 radical (unpaired) electrons. The number of fused-ring (bicyclic) bond motifs is 1. The molecule has 0 saturated heterocycles. The van der Waals surface area contributed by atoms with Crippen LogP contribution in [-0.2, 0) is 13.1 Å². The van der Waals surface area contributed by atoms with Crippen molar-refractivity contribution in [1.29, 1.82) is 0 Å². The summed E-state index contributed by atoms with van der Waals surface area (Å²) in [6.07, 6.45) is 8.11. The maximum atomic E-state index is 5.68. The SMILES string of the molecule is CCCn1c(Cn2cc(N)cn2)nc2cnccc21. The maximum Gasteiger partial charge on any atom is 0.131 e. The molecule has 0 aromatic carbocycles. The lowest BCUT2D eigenvalue weighted by Crippen LogP contribution is -2.09. The van der Waals surface area contributed by atoms with Crippen LogP contribution in [0.3, 0.4) is 0 Å². The van der Waals surface area contributed by atoms with Crippen LogP contribution in [0.1, 0.15) is 19.2 Å². The molecule has 3 rings (SSSR count). The monoisotopic (exact) mass is 256 g/mol. The zero-order valence-electron chi connectivity index (χ0n) is 10.8. The fraction of sp³-hybridized carbons (Fsp3) is 0.308. The van der Waals surface area contributed by atoms with Gasteiger partial charge in [-0.3, -0.25) is 9.67 Å². The topological polar surface area (TPSA) is 74.5 Å². The van der Waals surface area contributed by atoms with E-state index in [1.165, 1.54) is 0 Å². The Morgan fingerprint density at radius 3 is 2.95 bits per heavy atom. The van der Waals surface area contributed by atoms with Gasteiger partial charge in [-0.25, -0.2) is 4.98 Å². The number of nitrogens with two attached hydrogens (primary N) is 1. The number of aryl methyl sites for hydroxylation is 1. The standard InChI is InChI=1S/C13H16N6/c1-2-5-19-12-3-4-15-7-11(12)17-13(19)9-18-8-10(14)6-16-18/h3-4,6-8H,2,5,9,14H2,1H3. The molecule has 0 aliphatic rings. The van der Waals surface area contributed by atoms with Gasteiger partial charge in [0.25, 0.3) is 0 Å². The molecule has 19 heavy (non-hydrogen) atoms. The Bertz CT molecular complexity index is 696. The number of hydrogen-bond donors (Lipinski definition) is 1. The van der Waals surface area contributed by atoms with Crippen LogP contribution in [0.15, 0.2) is 30.9 Å². The van der Waals surface area contributed by atoms with Crippen LogP contribution in [0, 0.1) is 0 Å². The molecule has 98 valence electrons. The summed E-state index contributed by atoms with van der Waals surface area (Å²) >= 11 is 0. The first-order valence-corrected chi connectivity index (χ1v) is 6.35. The third-order valence-electron chi connectivity index (χ3n) is 3.03. The molecule has 0 aliphatic carbocycles. The molecule has 6 heteroatoms. The number of pyridine rings is 1. The van der Waals surface area contributed by atoms with E-state index in [0.717, 1.165) is 29.8 Å². The highest BCUT2D eigenvalue weighted by atomic mass is 15.3. The molecule has 6 nitrogen and oxygen atoms in total. The number of nitrogen functional groups attached to an aromatic ring is 1. The minimum atomic E-state index is 0.617. The van der Waals surface area contributed by atoms with E-state index < -0.39 is 0 Å². The minimum Gasteiger partial charge on any atom is -0.396 e. The number of nitrogens with zero attached hydrogens (tertiary/aromatic N) is 5. The highest BCUT2D eigenvalue weighted by molar-refractivity contribution is 5.74. The Labute approximate surface area is 110 Å². The molecular weight excluding hydrogens is 240 g/mol. The van der Waals surface area contributed by atoms with E-state index in [1.54, 1.807) is 23.3 Å². The van der Waals surface area contributed by atoms with Crippen LogP contribution in [0.5, 0.6) is 0 Å². The Kier molecular flexibility index (Phi) is 2.91. The largest absolute Gasteiger partial charge is 0.396 e. The van der Waals surface area contributed by atoms with E-state index in [9.17, 15) is 0 Å². The summed E-state index contributed by atoms with van der Waals surface area (Å²) in [7, 11) is 0. The van der Waals surface area contributed by atoms with Crippen LogP contribution >= 0.6 is 0 Å². The highest BCUT2D eigenvalue weighted by Gasteiger charge is 2.10. The number of imidazole rings is 1. The zero-order valence-corrected chi connectivity index (χ0v) is 10.8. The van der Waals surface area contributed by atoms with Crippen LogP contribution in [0.2, 0.25) is 0 Å². The van der Waals surface area contributed by atoms with Crippen molar-refractivity contribution in [2.75, 3.05) is 5.73 Å². The maximum absolute atomic E-state index is 5.68. The molecule has 0 bridgehead atoms. The number of aromatic nitrogens is 5. The summed E-state index contributed by atoms with van der Waals surface area (Å²) < 4.78 is 4.02. The fourth-order valence-corrected chi connectivity index (χ4v) is 2.24. The van der Waals surface area contributed by atoms with E-state index in [0.29, 0.717) is 12.2 Å². The van der Waals surface area contributed by atoms with Gasteiger partial charge in [-0.15, -0.1) is 0 Å². The van der Waals surface area contributed by atoms with Crippen LogP contribution in [0.25, 0.3) is 11.0 Å². The molecule has 3 aromatic rings. The summed E-state index contributed by atoms with van der Waals surface area (Å²) in [5, 5.41) is 4.21. The summed E-state index contributed by atoms with van der Waals surface area (Å²) in [6, 6.07) is 2.00. The van der Waals surface area contributed by atoms with Crippen molar-refractivity contribution in [3.05, 3.63) is 36.7 Å². The fourth-order valence-electron chi connectivity index (χ4n) is 2.24. The summed E-state index contributed by atoms with van der Waals surface area (Å²) in [5.41, 5.74) is 8.39. The number of rotatable bonds is 4. The van der Waals surface area contributed by atoms with Crippen LogP contribution < -0.4 is 5.73 Å². The molecule has 0 aliphatic heterocycles. The highest BCUT2D eigenvalue weighted by Crippen LogP contribution is 2.16. The Morgan fingerprint density at radius 1 is 1.32 bits per heavy atom. The number of hydrogen-bond acceptors (Lipinski definition) is 4. The van der Waals surface area contributed by atoms with Gasteiger partial charge in [0.2, 0.25) is 0 Å². The Balaban J connectivity index is 2.04. The molecular formula is C13H16N6. The lowest BCUT2D eigenvalue weighted by Gasteiger charge is -2.07. The summed E-state index contributed by atoms with van der Waals surface area (Å²) in [5.74, 6) is 0.980. The lowest BCUT2D eigenvalue weighted by atomic mass is 10.4. The quantitative estimate of drug-likeness (QED) is 0.770. The molecule has 0 spiro atoms. The van der Waals surface area contributed by atoms with E-state index >= 15 is 0 Å². The smallest absolute Gasteiger partial charge is 0.131 e. The molecule has 0 unspecified atom stereocenters. The second-order valence-corrected chi connectivity index (χ2v) is 4.52. The van der Waals surface area contributed by atoms with Crippen molar-refractivity contribution in [2.24, 2.45) is 0 Å². The van der Waals surface area contributed by atoms with Gasteiger partial charge < -0.3 is 10.3 Å². The molecule has 2 N–H and O–H groups in total. The zero-order chi connectivity index (χ0) is 13.2. The van der Waals surface area contributed by atoms with E-state index in [1.807, 2.05) is 12.3 Å². The van der Waals surface area contributed by atoms with Crippen molar-refractivity contribution in [2.45, 2.75) is 26.4 Å². The van der Waals surface area contributed by atoms with Crippen molar-refractivity contribution >= 4 is 16.7 Å². The Morgan fingerprint density at radius 2 is 2.21 bits per heavy atom. The average molecular weight is 256 g/mol. The van der Waals surface area contributed by atoms with E-state index in [2.05, 4.69) is 26.6 Å². The van der Waals surface area contributed by atoms with E-state index in [-0.39, 0.29) is 0 Å². The van der Waals surface area contributed by atoms with Gasteiger partial charge in [0.1, 0.15) is 11.3 Å². The summed E-state index contributed by atoms with van der Waals surface area (Å²) in [6.45, 7) is 3.71. The minimum absolute atomic E-state index is 0.617. The third kappa shape index (κ3) is 2.16. The molecule has 0 saturated carbocycles. The molecule has 3 heterocycles. The van der Waals surface area contributed by atoms with Crippen molar-refractivity contribution in [1.82, 2.24) is 24.3 Å². The molecule has 0 amide bonds. The van der Waals surface area contributed by atoms with Crippen LogP contribution in [0.4, 0.5) is 5.69 Å². The first-order valence-electron chi connectivity index (χ1n) is 6.35. The van der Waals surface area contributed by atoms with Gasteiger partial charge in [-0.05, 0) is 12.5 Å². The van der Waals surface area contributed by atoms with Gasteiger partial charge in [0.15, 0.2) is 0 Å². The predicted molar refractivity (Wildman–Crippen MR) is 73.6 cm³/mol. The number of anilines is 1. The van der Waals surface area contributed by atoms with Gasteiger partial charge in [-0.1, -0.05) is 6.92 Å². The van der Waals surface area contributed by atoms with E-state index in [4.69, 9.17) is 5.73 Å². The van der Waals surface area contributed by atoms with Crippen molar-refractivity contribution in [3.8, 4) is 0 Å². The van der Waals surface area contributed by atoms with Gasteiger partial charge in [0.05, 0.1) is 30.1 Å². The third-order valence-corrected chi connectivity index (χ3v) is 3.03. The normalized spacial score (nSPS) is 11.2. The van der Waals surface area contributed by atoms with Crippen molar-refractivity contribution in [3.63, 3.8) is 0 Å². The second-order valence-electron chi connectivity index (χ2n) is 4.52. The summed E-state index contributed by atoms with van der Waals surface area (Å²) in [4.78, 5) is 8.75. The van der Waals surface area contributed by atoms with Gasteiger partial charge in [-0.2, -0.15) is 5.10 Å².